The lowest BCUT2D eigenvalue weighted by molar-refractivity contribution is 0.0587. The molecule has 0 fully saturated rings. The second-order valence-electron chi connectivity index (χ2n) is 6.09. The van der Waals surface area contributed by atoms with Crippen LogP contribution in [0.1, 0.15) is 31.1 Å². The van der Waals surface area contributed by atoms with Crippen LogP contribution in [0, 0.1) is 5.41 Å². The van der Waals surface area contributed by atoms with Gasteiger partial charge in [-0.2, -0.15) is 5.10 Å². The largest absolute Gasteiger partial charge is 0.391 e. The predicted molar refractivity (Wildman–Crippen MR) is 81.4 cm³/mol. The Bertz CT molecular complexity index is 600. The Morgan fingerprint density at radius 3 is 2.76 bits per heavy atom. The molecule has 2 N–H and O–H groups in total. The van der Waals surface area contributed by atoms with E-state index in [0.717, 1.165) is 5.69 Å². The molecule has 0 bridgehead atoms. The number of benzene rings is 1. The third kappa shape index (κ3) is 3.92. The van der Waals surface area contributed by atoms with Crippen LogP contribution in [-0.4, -0.2) is 33.4 Å². The van der Waals surface area contributed by atoms with Crippen molar-refractivity contribution in [1.82, 2.24) is 15.1 Å². The highest BCUT2D eigenvalue weighted by atomic mass is 16.3. The summed E-state index contributed by atoms with van der Waals surface area (Å²) >= 11 is 0. The molecule has 21 heavy (non-hydrogen) atoms. The Balaban J connectivity index is 2.05. The first-order chi connectivity index (χ1) is 9.88. The molecule has 2 aromatic rings. The number of aromatic nitrogens is 2. The van der Waals surface area contributed by atoms with Gasteiger partial charge in [-0.3, -0.25) is 4.79 Å². The first-order valence-electron chi connectivity index (χ1n) is 6.94. The summed E-state index contributed by atoms with van der Waals surface area (Å²) < 4.78 is 1.70. The fourth-order valence-corrected chi connectivity index (χ4v) is 1.81. The lowest BCUT2D eigenvalue weighted by Gasteiger charge is -2.25. The number of rotatable bonds is 4. The molecule has 112 valence electrons. The average molecular weight is 287 g/mol. The van der Waals surface area contributed by atoms with Gasteiger partial charge in [0.05, 0.1) is 11.8 Å². The molecule has 1 aromatic heterocycles. The fourth-order valence-electron chi connectivity index (χ4n) is 1.81. The van der Waals surface area contributed by atoms with E-state index in [0.29, 0.717) is 5.56 Å². The van der Waals surface area contributed by atoms with Crippen LogP contribution >= 0.6 is 0 Å². The summed E-state index contributed by atoms with van der Waals surface area (Å²) in [7, 11) is 0. The van der Waals surface area contributed by atoms with Crippen molar-refractivity contribution in [3.05, 3.63) is 48.3 Å². The Morgan fingerprint density at radius 2 is 2.14 bits per heavy atom. The van der Waals surface area contributed by atoms with Crippen LogP contribution in [-0.2, 0) is 0 Å². The van der Waals surface area contributed by atoms with Crippen molar-refractivity contribution in [2.75, 3.05) is 6.54 Å². The van der Waals surface area contributed by atoms with Gasteiger partial charge in [-0.15, -0.1) is 0 Å². The average Bonchev–Trinajstić information content (AvgIpc) is 2.97. The maximum Gasteiger partial charge on any atom is 0.251 e. The summed E-state index contributed by atoms with van der Waals surface area (Å²) in [6.45, 7) is 6.03. The molecule has 1 unspecified atom stereocenters. The molecule has 0 aliphatic carbocycles. The zero-order valence-electron chi connectivity index (χ0n) is 12.6. The van der Waals surface area contributed by atoms with E-state index in [2.05, 4.69) is 10.4 Å². The minimum atomic E-state index is -0.587. The van der Waals surface area contributed by atoms with E-state index in [9.17, 15) is 9.90 Å². The molecule has 0 radical (unpaired) electrons. The van der Waals surface area contributed by atoms with Crippen molar-refractivity contribution in [3.63, 3.8) is 0 Å². The van der Waals surface area contributed by atoms with E-state index in [1.54, 1.807) is 23.0 Å². The molecule has 0 aliphatic heterocycles. The van der Waals surface area contributed by atoms with Crippen LogP contribution in [0.3, 0.4) is 0 Å². The predicted octanol–water partition coefficient (Wildman–Crippen LogP) is 2.01. The number of aliphatic hydroxyl groups excluding tert-OH is 1. The highest BCUT2D eigenvalue weighted by Crippen LogP contribution is 2.18. The standard InChI is InChI=1S/C16H21N3O2/c1-16(2,3)14(20)11-17-15(21)12-6-4-7-13(10-12)19-9-5-8-18-19/h4-10,14,20H,11H2,1-3H3,(H,17,21). The number of hydrogen-bond acceptors (Lipinski definition) is 3. The number of carbonyl (C=O) groups excluding carboxylic acids is 1. The number of carbonyl (C=O) groups is 1. The minimum absolute atomic E-state index is 0.202. The van der Waals surface area contributed by atoms with Gasteiger partial charge in [-0.1, -0.05) is 26.8 Å². The van der Waals surface area contributed by atoms with Crippen LogP contribution in [0.25, 0.3) is 5.69 Å². The smallest absolute Gasteiger partial charge is 0.251 e. The fraction of sp³-hybridized carbons (Fsp3) is 0.375. The molecule has 0 saturated carbocycles. The monoisotopic (exact) mass is 287 g/mol. The van der Waals surface area contributed by atoms with Gasteiger partial charge in [0.25, 0.3) is 5.91 Å². The molecule has 1 atom stereocenters. The number of nitrogens with zero attached hydrogens (tertiary/aromatic N) is 2. The van der Waals surface area contributed by atoms with Crippen molar-refractivity contribution in [2.24, 2.45) is 5.41 Å². The van der Waals surface area contributed by atoms with E-state index in [1.165, 1.54) is 0 Å². The first kappa shape index (κ1) is 15.3. The van der Waals surface area contributed by atoms with Crippen molar-refractivity contribution >= 4 is 5.91 Å². The van der Waals surface area contributed by atoms with Crippen LogP contribution in [0.2, 0.25) is 0 Å². The van der Waals surface area contributed by atoms with Gasteiger partial charge in [0, 0.05) is 24.5 Å². The zero-order valence-corrected chi connectivity index (χ0v) is 12.6. The molecule has 2 rings (SSSR count). The van der Waals surface area contributed by atoms with E-state index in [-0.39, 0.29) is 17.9 Å². The maximum absolute atomic E-state index is 12.1. The Morgan fingerprint density at radius 1 is 1.38 bits per heavy atom. The van der Waals surface area contributed by atoms with Gasteiger partial charge in [-0.05, 0) is 29.7 Å². The summed E-state index contributed by atoms with van der Waals surface area (Å²) in [6, 6.07) is 9.03. The topological polar surface area (TPSA) is 67.2 Å². The van der Waals surface area contributed by atoms with E-state index in [1.807, 2.05) is 45.2 Å². The third-order valence-electron chi connectivity index (χ3n) is 3.33. The molecule has 0 saturated heterocycles. The van der Waals surface area contributed by atoms with Crippen molar-refractivity contribution in [1.29, 1.82) is 0 Å². The summed E-state index contributed by atoms with van der Waals surface area (Å²) in [5.41, 5.74) is 1.11. The maximum atomic E-state index is 12.1. The zero-order chi connectivity index (χ0) is 15.5. The number of aliphatic hydroxyl groups is 1. The van der Waals surface area contributed by atoms with Gasteiger partial charge >= 0.3 is 0 Å². The molecular weight excluding hydrogens is 266 g/mol. The van der Waals surface area contributed by atoms with Gasteiger partial charge < -0.3 is 10.4 Å². The van der Waals surface area contributed by atoms with Crippen LogP contribution in [0.4, 0.5) is 0 Å². The molecule has 5 nitrogen and oxygen atoms in total. The highest BCUT2D eigenvalue weighted by molar-refractivity contribution is 5.94. The van der Waals surface area contributed by atoms with Gasteiger partial charge in [-0.25, -0.2) is 4.68 Å². The number of nitrogens with one attached hydrogen (secondary N) is 1. The van der Waals surface area contributed by atoms with Gasteiger partial charge in [0.15, 0.2) is 0 Å². The van der Waals surface area contributed by atoms with Crippen molar-refractivity contribution < 1.29 is 9.90 Å². The van der Waals surface area contributed by atoms with E-state index < -0.39 is 6.10 Å². The van der Waals surface area contributed by atoms with Crippen LogP contribution < -0.4 is 5.32 Å². The highest BCUT2D eigenvalue weighted by Gasteiger charge is 2.22. The second kappa shape index (κ2) is 6.10. The second-order valence-corrected chi connectivity index (χ2v) is 6.09. The summed E-state index contributed by atoms with van der Waals surface area (Å²) in [4.78, 5) is 12.1. The van der Waals surface area contributed by atoms with E-state index >= 15 is 0 Å². The Hall–Kier alpha value is -2.14. The minimum Gasteiger partial charge on any atom is -0.391 e. The molecule has 1 aromatic carbocycles. The molecule has 0 spiro atoms. The van der Waals surface area contributed by atoms with E-state index in [4.69, 9.17) is 0 Å². The van der Waals surface area contributed by atoms with Crippen molar-refractivity contribution in [3.8, 4) is 5.69 Å². The quantitative estimate of drug-likeness (QED) is 0.904. The van der Waals surface area contributed by atoms with Crippen LogP contribution in [0.5, 0.6) is 0 Å². The molecule has 1 amide bonds. The number of amides is 1. The third-order valence-corrected chi connectivity index (χ3v) is 3.33. The SMILES string of the molecule is CC(C)(C)C(O)CNC(=O)c1cccc(-n2cccn2)c1. The molecule has 1 heterocycles. The first-order valence-corrected chi connectivity index (χ1v) is 6.94. The molecular formula is C16H21N3O2. The van der Waals surface area contributed by atoms with Crippen LogP contribution in [0.15, 0.2) is 42.7 Å². The van der Waals surface area contributed by atoms with Gasteiger partial charge in [0.1, 0.15) is 0 Å². The normalized spacial score (nSPS) is 13.0. The Labute approximate surface area is 124 Å². The Kier molecular flexibility index (Phi) is 4.43. The lowest BCUT2D eigenvalue weighted by atomic mass is 9.89. The molecule has 5 heteroatoms. The van der Waals surface area contributed by atoms with Crippen molar-refractivity contribution in [2.45, 2.75) is 26.9 Å². The summed E-state index contributed by atoms with van der Waals surface area (Å²) in [6.07, 6.45) is 2.92. The molecule has 0 aliphatic rings. The number of hydrogen-bond donors (Lipinski definition) is 2. The lowest BCUT2D eigenvalue weighted by Crippen LogP contribution is -2.39. The summed E-state index contributed by atoms with van der Waals surface area (Å²) in [5, 5.41) is 16.9. The van der Waals surface area contributed by atoms with Gasteiger partial charge in [0.2, 0.25) is 0 Å². The summed E-state index contributed by atoms with van der Waals surface area (Å²) in [5.74, 6) is -0.202.